The lowest BCUT2D eigenvalue weighted by Crippen LogP contribution is -2.14. The summed E-state index contributed by atoms with van der Waals surface area (Å²) in [6.45, 7) is 0. The number of benzene rings is 1. The maximum absolute atomic E-state index is 11.3. The van der Waals surface area contributed by atoms with Crippen LogP contribution in [0.5, 0.6) is 11.8 Å². The highest BCUT2D eigenvalue weighted by molar-refractivity contribution is 5.57. The van der Waals surface area contributed by atoms with Crippen molar-refractivity contribution in [3.8, 4) is 23.1 Å². The molecule has 0 unspecified atom stereocenters. The van der Waals surface area contributed by atoms with Crippen LogP contribution in [0.2, 0.25) is 0 Å². The summed E-state index contributed by atoms with van der Waals surface area (Å²) in [7, 11) is 2.98. The van der Waals surface area contributed by atoms with Crippen LogP contribution in [0.1, 0.15) is 0 Å². The topological polar surface area (TPSA) is 77.1 Å². The van der Waals surface area contributed by atoms with Crippen molar-refractivity contribution in [3.63, 3.8) is 0 Å². The van der Waals surface area contributed by atoms with Crippen LogP contribution in [0, 0.1) is 0 Å². The van der Waals surface area contributed by atoms with Gasteiger partial charge in [0.25, 0.3) is 0 Å². The molecule has 0 bridgehead atoms. The third kappa shape index (κ3) is 2.41. The fourth-order valence-corrected chi connectivity index (χ4v) is 1.36. The van der Waals surface area contributed by atoms with Crippen molar-refractivity contribution in [2.45, 2.75) is 0 Å². The van der Waals surface area contributed by atoms with Crippen molar-refractivity contribution in [3.05, 3.63) is 34.7 Å². The highest BCUT2D eigenvalue weighted by Crippen LogP contribution is 2.20. The number of rotatable bonds is 3. The van der Waals surface area contributed by atoms with Crippen LogP contribution in [-0.2, 0) is 0 Å². The number of aromatic amines is 1. The molecule has 2 rings (SSSR count). The zero-order valence-corrected chi connectivity index (χ0v) is 9.43. The van der Waals surface area contributed by atoms with Crippen LogP contribution in [0.15, 0.2) is 29.1 Å². The average Bonchev–Trinajstić information content (AvgIpc) is 2.38. The Balaban J connectivity index is 2.51. The average molecular weight is 233 g/mol. The van der Waals surface area contributed by atoms with Crippen LogP contribution in [0.4, 0.5) is 0 Å². The predicted octanol–water partition coefficient (Wildman–Crippen LogP) is 0.849. The molecule has 6 nitrogen and oxygen atoms in total. The summed E-state index contributed by atoms with van der Waals surface area (Å²) < 4.78 is 9.94. The van der Waals surface area contributed by atoms with Crippen molar-refractivity contribution in [1.82, 2.24) is 15.0 Å². The summed E-state index contributed by atoms with van der Waals surface area (Å²) in [6.07, 6.45) is 0. The minimum atomic E-state index is -0.505. The number of methoxy groups -OCH3 is 2. The lowest BCUT2D eigenvalue weighted by Gasteiger charge is -2.04. The molecule has 0 amide bonds. The zero-order valence-electron chi connectivity index (χ0n) is 9.43. The molecular formula is C11H11N3O3. The highest BCUT2D eigenvalue weighted by Gasteiger charge is 2.06. The minimum Gasteiger partial charge on any atom is -0.497 e. The third-order valence-corrected chi connectivity index (χ3v) is 2.16. The fourth-order valence-electron chi connectivity index (χ4n) is 1.36. The molecular weight excluding hydrogens is 222 g/mol. The third-order valence-electron chi connectivity index (χ3n) is 2.16. The first kappa shape index (κ1) is 11.1. The van der Waals surface area contributed by atoms with Crippen molar-refractivity contribution < 1.29 is 9.47 Å². The number of H-pyrrole nitrogens is 1. The van der Waals surface area contributed by atoms with Gasteiger partial charge in [-0.25, -0.2) is 4.79 Å². The first-order valence-corrected chi connectivity index (χ1v) is 4.89. The Kier molecular flexibility index (Phi) is 3.04. The quantitative estimate of drug-likeness (QED) is 0.850. The summed E-state index contributed by atoms with van der Waals surface area (Å²) in [6, 6.07) is 7.21. The molecule has 6 heteroatoms. The van der Waals surface area contributed by atoms with Gasteiger partial charge in [0.1, 0.15) is 11.6 Å². The van der Waals surface area contributed by atoms with Crippen LogP contribution < -0.4 is 15.2 Å². The maximum atomic E-state index is 11.3. The lowest BCUT2D eigenvalue weighted by atomic mass is 10.2. The molecule has 0 spiro atoms. The van der Waals surface area contributed by atoms with E-state index in [4.69, 9.17) is 9.47 Å². The van der Waals surface area contributed by atoms with E-state index in [1.54, 1.807) is 31.4 Å². The van der Waals surface area contributed by atoms with E-state index in [-0.39, 0.29) is 6.01 Å². The second kappa shape index (κ2) is 4.65. The van der Waals surface area contributed by atoms with Gasteiger partial charge in [-0.1, -0.05) is 12.1 Å². The van der Waals surface area contributed by atoms with Gasteiger partial charge in [-0.15, -0.1) is 4.98 Å². The Bertz CT molecular complexity index is 580. The molecule has 2 aromatic rings. The van der Waals surface area contributed by atoms with Gasteiger partial charge in [0.05, 0.1) is 14.2 Å². The molecule has 0 saturated carbocycles. The highest BCUT2D eigenvalue weighted by atomic mass is 16.5. The van der Waals surface area contributed by atoms with E-state index in [0.717, 1.165) is 5.56 Å². The second-order valence-corrected chi connectivity index (χ2v) is 3.22. The van der Waals surface area contributed by atoms with Crippen LogP contribution >= 0.6 is 0 Å². The van der Waals surface area contributed by atoms with E-state index < -0.39 is 5.69 Å². The lowest BCUT2D eigenvalue weighted by molar-refractivity contribution is 0.377. The molecule has 1 heterocycles. The number of hydrogen-bond donors (Lipinski definition) is 1. The molecule has 0 aliphatic heterocycles. The van der Waals surface area contributed by atoms with Crippen molar-refractivity contribution in [1.29, 1.82) is 0 Å². The number of nitrogens with zero attached hydrogens (tertiary/aromatic N) is 2. The maximum Gasteiger partial charge on any atom is 0.351 e. The first-order valence-electron chi connectivity index (χ1n) is 4.89. The molecule has 1 N–H and O–H groups in total. The predicted molar refractivity (Wildman–Crippen MR) is 61.2 cm³/mol. The second-order valence-electron chi connectivity index (χ2n) is 3.22. The van der Waals surface area contributed by atoms with Crippen molar-refractivity contribution in [2.24, 2.45) is 0 Å². The summed E-state index contributed by atoms with van der Waals surface area (Å²) in [5.41, 5.74) is 0.219. The number of hydrogen-bond acceptors (Lipinski definition) is 5. The van der Waals surface area contributed by atoms with Gasteiger partial charge < -0.3 is 9.47 Å². The number of aromatic nitrogens is 3. The Morgan fingerprint density at radius 2 is 2.00 bits per heavy atom. The number of ether oxygens (including phenoxy) is 2. The summed E-state index contributed by atoms with van der Waals surface area (Å²) in [4.78, 5) is 21.4. The Morgan fingerprint density at radius 3 is 2.71 bits per heavy atom. The monoisotopic (exact) mass is 233 g/mol. The van der Waals surface area contributed by atoms with Crippen LogP contribution in [0.3, 0.4) is 0 Å². The van der Waals surface area contributed by atoms with Gasteiger partial charge in [-0.2, -0.15) is 4.98 Å². The van der Waals surface area contributed by atoms with E-state index in [2.05, 4.69) is 15.0 Å². The van der Waals surface area contributed by atoms with E-state index in [1.807, 2.05) is 0 Å². The first-order chi connectivity index (χ1) is 8.22. The Hall–Kier alpha value is -2.37. The van der Waals surface area contributed by atoms with E-state index in [9.17, 15) is 4.79 Å². The van der Waals surface area contributed by atoms with Crippen molar-refractivity contribution in [2.75, 3.05) is 14.2 Å². The molecule has 1 aromatic carbocycles. The Labute approximate surface area is 97.3 Å². The number of nitrogens with one attached hydrogen (secondary N) is 1. The molecule has 0 radical (unpaired) electrons. The molecule has 0 aliphatic rings. The minimum absolute atomic E-state index is 0.0339. The Morgan fingerprint density at radius 1 is 1.18 bits per heavy atom. The standard InChI is InChI=1S/C11H11N3O3/c1-16-8-5-3-4-7(6-8)9-12-10(15)14-11(13-9)17-2/h3-6H,1-2H3,(H,12,13,14,15). The molecule has 0 atom stereocenters. The summed E-state index contributed by atoms with van der Waals surface area (Å²) >= 11 is 0. The van der Waals surface area contributed by atoms with E-state index in [0.29, 0.717) is 11.6 Å². The molecule has 17 heavy (non-hydrogen) atoms. The normalized spacial score (nSPS) is 10.0. The van der Waals surface area contributed by atoms with E-state index in [1.165, 1.54) is 7.11 Å². The fraction of sp³-hybridized carbons (Fsp3) is 0.182. The van der Waals surface area contributed by atoms with Gasteiger partial charge >= 0.3 is 11.7 Å². The summed E-state index contributed by atoms with van der Waals surface area (Å²) in [5, 5.41) is 0. The molecule has 1 aromatic heterocycles. The SMILES string of the molecule is COc1cccc(-c2nc(OC)nc(=O)[nH]2)c1. The van der Waals surface area contributed by atoms with Gasteiger partial charge in [0.2, 0.25) is 0 Å². The smallest absolute Gasteiger partial charge is 0.351 e. The zero-order chi connectivity index (χ0) is 12.3. The van der Waals surface area contributed by atoms with Crippen molar-refractivity contribution >= 4 is 0 Å². The van der Waals surface area contributed by atoms with Crippen LogP contribution in [-0.4, -0.2) is 29.2 Å². The molecule has 88 valence electrons. The molecule has 0 fully saturated rings. The largest absolute Gasteiger partial charge is 0.497 e. The molecule has 0 saturated heterocycles. The van der Waals surface area contributed by atoms with Crippen LogP contribution in [0.25, 0.3) is 11.4 Å². The van der Waals surface area contributed by atoms with E-state index >= 15 is 0 Å². The van der Waals surface area contributed by atoms with Gasteiger partial charge in [0.15, 0.2) is 0 Å². The molecule has 0 aliphatic carbocycles. The van der Waals surface area contributed by atoms with Gasteiger partial charge in [-0.3, -0.25) is 4.98 Å². The van der Waals surface area contributed by atoms with Gasteiger partial charge in [0, 0.05) is 5.56 Å². The summed E-state index contributed by atoms with van der Waals surface area (Å²) in [5.74, 6) is 1.07. The van der Waals surface area contributed by atoms with Gasteiger partial charge in [-0.05, 0) is 12.1 Å².